The van der Waals surface area contributed by atoms with Crippen LogP contribution in [0.5, 0.6) is 5.75 Å². The molecule has 1 unspecified atom stereocenters. The smallest absolute Gasteiger partial charge is 0.254 e. The quantitative estimate of drug-likeness (QED) is 0.802. The maximum Gasteiger partial charge on any atom is 0.254 e. The number of aryl methyl sites for hydroxylation is 1. The van der Waals surface area contributed by atoms with Gasteiger partial charge in [0.1, 0.15) is 5.75 Å². The van der Waals surface area contributed by atoms with Crippen molar-refractivity contribution in [3.63, 3.8) is 0 Å². The Bertz CT molecular complexity index is 839. The van der Waals surface area contributed by atoms with Crippen molar-refractivity contribution in [3.05, 3.63) is 65.2 Å². The first-order valence-electron chi connectivity index (χ1n) is 10.3. The maximum atomic E-state index is 12.8. The summed E-state index contributed by atoms with van der Waals surface area (Å²) in [6.07, 6.45) is 2.22. The summed E-state index contributed by atoms with van der Waals surface area (Å²) in [6.45, 7) is 5.26. The molecule has 2 aromatic carbocycles. The number of benzene rings is 2. The molecule has 29 heavy (non-hydrogen) atoms. The fraction of sp³-hybridized carbons (Fsp3) is 0.417. The average molecular weight is 395 g/mol. The molecule has 1 fully saturated rings. The van der Waals surface area contributed by atoms with E-state index >= 15 is 0 Å². The van der Waals surface area contributed by atoms with E-state index in [2.05, 4.69) is 12.2 Å². The van der Waals surface area contributed by atoms with E-state index in [-0.39, 0.29) is 23.8 Å². The number of carbonyl (C=O) groups excluding carboxylic acids is 2. The van der Waals surface area contributed by atoms with E-state index in [1.807, 2.05) is 60.4 Å². The van der Waals surface area contributed by atoms with Gasteiger partial charge in [0.15, 0.2) is 0 Å². The van der Waals surface area contributed by atoms with Gasteiger partial charge in [-0.25, -0.2) is 0 Å². The summed E-state index contributed by atoms with van der Waals surface area (Å²) in [5.41, 5.74) is 2.82. The minimum atomic E-state index is -0.0526. The van der Waals surface area contributed by atoms with Gasteiger partial charge in [-0.1, -0.05) is 37.3 Å². The number of hydrogen-bond donors (Lipinski definition) is 1. The average Bonchev–Trinajstić information content (AvgIpc) is 2.77. The second kappa shape index (κ2) is 9.59. The highest BCUT2D eigenvalue weighted by atomic mass is 16.5. The van der Waals surface area contributed by atoms with Crippen LogP contribution in [0.4, 0.5) is 0 Å². The van der Waals surface area contributed by atoms with Gasteiger partial charge in [0.2, 0.25) is 5.91 Å². The van der Waals surface area contributed by atoms with Crippen molar-refractivity contribution < 1.29 is 14.3 Å². The van der Waals surface area contributed by atoms with Crippen molar-refractivity contribution in [2.45, 2.75) is 39.2 Å². The largest absolute Gasteiger partial charge is 0.497 e. The van der Waals surface area contributed by atoms with E-state index in [9.17, 15) is 9.59 Å². The fourth-order valence-electron chi connectivity index (χ4n) is 3.87. The summed E-state index contributed by atoms with van der Waals surface area (Å²) in [7, 11) is 1.64. The van der Waals surface area contributed by atoms with Gasteiger partial charge in [0.05, 0.1) is 13.2 Å². The first kappa shape index (κ1) is 20.9. The summed E-state index contributed by atoms with van der Waals surface area (Å²) >= 11 is 0. The van der Waals surface area contributed by atoms with E-state index in [4.69, 9.17) is 4.74 Å². The van der Waals surface area contributed by atoms with Gasteiger partial charge < -0.3 is 15.0 Å². The van der Waals surface area contributed by atoms with Gasteiger partial charge in [-0.3, -0.25) is 9.59 Å². The van der Waals surface area contributed by atoms with Crippen LogP contribution in [0.25, 0.3) is 0 Å². The summed E-state index contributed by atoms with van der Waals surface area (Å²) in [4.78, 5) is 27.5. The van der Waals surface area contributed by atoms with Crippen molar-refractivity contribution in [3.8, 4) is 5.75 Å². The molecule has 0 radical (unpaired) electrons. The van der Waals surface area contributed by atoms with Crippen molar-refractivity contribution in [2.24, 2.45) is 5.92 Å². The van der Waals surface area contributed by atoms with Gasteiger partial charge in [-0.15, -0.1) is 0 Å². The van der Waals surface area contributed by atoms with Crippen LogP contribution in [0.2, 0.25) is 0 Å². The van der Waals surface area contributed by atoms with Crippen LogP contribution < -0.4 is 10.1 Å². The molecule has 0 bridgehead atoms. The highest BCUT2D eigenvalue weighted by Crippen LogP contribution is 2.24. The number of amides is 2. The van der Waals surface area contributed by atoms with Crippen molar-refractivity contribution in [1.82, 2.24) is 10.2 Å². The Labute approximate surface area is 173 Å². The molecule has 0 saturated carbocycles. The van der Waals surface area contributed by atoms with Crippen molar-refractivity contribution in [1.29, 1.82) is 0 Å². The number of piperidine rings is 1. The summed E-state index contributed by atoms with van der Waals surface area (Å²) in [5, 5.41) is 3.19. The molecule has 154 valence electrons. The zero-order valence-electron chi connectivity index (χ0n) is 17.5. The molecule has 3 rings (SSSR count). The number of nitrogens with one attached hydrogen (secondary N) is 1. The molecule has 2 aromatic rings. The van der Waals surface area contributed by atoms with E-state index in [0.717, 1.165) is 28.9 Å². The second-order valence-corrected chi connectivity index (χ2v) is 7.62. The van der Waals surface area contributed by atoms with Crippen LogP contribution in [0.3, 0.4) is 0 Å². The fourth-order valence-corrected chi connectivity index (χ4v) is 3.87. The molecule has 1 aliphatic heterocycles. The monoisotopic (exact) mass is 394 g/mol. The van der Waals surface area contributed by atoms with Crippen LogP contribution in [-0.4, -0.2) is 36.9 Å². The molecular weight excluding hydrogens is 364 g/mol. The van der Waals surface area contributed by atoms with Gasteiger partial charge >= 0.3 is 0 Å². The number of methoxy groups -OCH3 is 1. The Morgan fingerprint density at radius 2 is 1.76 bits per heavy atom. The van der Waals surface area contributed by atoms with E-state index in [1.165, 1.54) is 0 Å². The Morgan fingerprint density at radius 3 is 2.34 bits per heavy atom. The molecule has 1 saturated heterocycles. The zero-order chi connectivity index (χ0) is 20.8. The van der Waals surface area contributed by atoms with E-state index in [0.29, 0.717) is 25.9 Å². The maximum absolute atomic E-state index is 12.8. The highest BCUT2D eigenvalue weighted by Gasteiger charge is 2.29. The predicted octanol–water partition coefficient (Wildman–Crippen LogP) is 4.12. The molecule has 1 N–H and O–H groups in total. The lowest BCUT2D eigenvalue weighted by molar-refractivity contribution is -0.127. The SMILES string of the molecule is CCC(NC(=O)C1CCN(C(=O)c2ccccc2C)CC1)c1ccc(OC)cc1. The molecule has 0 aliphatic carbocycles. The normalized spacial score (nSPS) is 15.6. The third kappa shape index (κ3) is 4.97. The van der Waals surface area contributed by atoms with Gasteiger partial charge in [0.25, 0.3) is 5.91 Å². The topological polar surface area (TPSA) is 58.6 Å². The third-order valence-corrected chi connectivity index (χ3v) is 5.77. The zero-order valence-corrected chi connectivity index (χ0v) is 17.5. The molecule has 2 amide bonds. The molecule has 0 spiro atoms. The van der Waals surface area contributed by atoms with Crippen molar-refractivity contribution >= 4 is 11.8 Å². The second-order valence-electron chi connectivity index (χ2n) is 7.62. The number of hydrogen-bond acceptors (Lipinski definition) is 3. The summed E-state index contributed by atoms with van der Waals surface area (Å²) in [5.74, 6) is 0.895. The lowest BCUT2D eigenvalue weighted by Crippen LogP contribution is -2.43. The number of ether oxygens (including phenoxy) is 1. The lowest BCUT2D eigenvalue weighted by Gasteiger charge is -2.32. The third-order valence-electron chi connectivity index (χ3n) is 5.77. The predicted molar refractivity (Wildman–Crippen MR) is 114 cm³/mol. The van der Waals surface area contributed by atoms with Crippen LogP contribution >= 0.6 is 0 Å². The van der Waals surface area contributed by atoms with Crippen molar-refractivity contribution in [2.75, 3.05) is 20.2 Å². The Balaban J connectivity index is 1.56. The van der Waals surface area contributed by atoms with Crippen LogP contribution in [0.1, 0.15) is 53.7 Å². The Kier molecular flexibility index (Phi) is 6.91. The van der Waals surface area contributed by atoms with Crippen LogP contribution in [0.15, 0.2) is 48.5 Å². The molecular formula is C24H30N2O3. The summed E-state index contributed by atoms with van der Waals surface area (Å²) in [6, 6.07) is 15.5. The minimum Gasteiger partial charge on any atom is -0.497 e. The molecule has 1 atom stereocenters. The van der Waals surface area contributed by atoms with E-state index in [1.54, 1.807) is 7.11 Å². The van der Waals surface area contributed by atoms with E-state index < -0.39 is 0 Å². The first-order chi connectivity index (χ1) is 14.0. The Morgan fingerprint density at radius 1 is 1.10 bits per heavy atom. The molecule has 5 nitrogen and oxygen atoms in total. The molecule has 1 aliphatic rings. The lowest BCUT2D eigenvalue weighted by atomic mass is 9.94. The van der Waals surface area contributed by atoms with Gasteiger partial charge in [-0.05, 0) is 55.5 Å². The molecule has 0 aromatic heterocycles. The number of carbonyl (C=O) groups is 2. The standard InChI is InChI=1S/C24H30N2O3/c1-4-22(18-9-11-20(29-3)12-10-18)25-23(27)19-13-15-26(16-14-19)24(28)21-8-6-5-7-17(21)2/h5-12,19,22H,4,13-16H2,1-3H3,(H,25,27). The van der Waals surface area contributed by atoms with Gasteiger partial charge in [-0.2, -0.15) is 0 Å². The highest BCUT2D eigenvalue weighted by molar-refractivity contribution is 5.95. The number of rotatable bonds is 6. The van der Waals surface area contributed by atoms with Crippen LogP contribution in [0, 0.1) is 12.8 Å². The molecule has 5 heteroatoms. The molecule has 1 heterocycles. The number of likely N-dealkylation sites (tertiary alicyclic amines) is 1. The summed E-state index contributed by atoms with van der Waals surface area (Å²) < 4.78 is 5.21. The number of nitrogens with zero attached hydrogens (tertiary/aromatic N) is 1. The first-order valence-corrected chi connectivity index (χ1v) is 10.3. The minimum absolute atomic E-state index is 0.0139. The Hall–Kier alpha value is -2.82. The van der Waals surface area contributed by atoms with Crippen LogP contribution in [-0.2, 0) is 4.79 Å². The van der Waals surface area contributed by atoms with Gasteiger partial charge in [0, 0.05) is 24.6 Å².